The predicted octanol–water partition coefficient (Wildman–Crippen LogP) is 5.10. The molecule has 0 fully saturated rings. The number of allylic oxidation sites excluding steroid dienone is 4. The fraction of sp³-hybridized carbons (Fsp3) is 0.367. The van der Waals surface area contributed by atoms with Gasteiger partial charge in [-0.05, 0) is 65.6 Å². The van der Waals surface area contributed by atoms with E-state index in [2.05, 4.69) is 33.8 Å². The van der Waals surface area contributed by atoms with Crippen LogP contribution in [0.15, 0.2) is 76.0 Å². The standard InChI is InChI=1S/C30H31N3O4S/c1-29(2)13-22-27(24(34)15-29)26(19-7-5-18(17-31)6-8-19)28-23(14-30(3,4)16-25(28)35)33(22)20-9-11-21(12-10-20)38(32,36)37/h5-12,26H,13-16H2,1-4H3,(H2,32,36,37). The molecule has 0 spiro atoms. The van der Waals surface area contributed by atoms with Gasteiger partial charge in [0, 0.05) is 47.0 Å². The highest BCUT2D eigenvalue weighted by Crippen LogP contribution is 2.55. The van der Waals surface area contributed by atoms with Gasteiger partial charge in [-0.2, -0.15) is 5.26 Å². The highest BCUT2D eigenvalue weighted by molar-refractivity contribution is 7.89. The van der Waals surface area contributed by atoms with Crippen molar-refractivity contribution in [3.05, 3.63) is 82.2 Å². The largest absolute Gasteiger partial charge is 0.317 e. The first kappa shape index (κ1) is 26.1. The zero-order chi connectivity index (χ0) is 27.6. The second kappa shape index (κ2) is 8.75. The van der Waals surface area contributed by atoms with Gasteiger partial charge in [0.15, 0.2) is 11.6 Å². The number of rotatable bonds is 3. The summed E-state index contributed by atoms with van der Waals surface area (Å²) in [6.45, 7) is 8.25. The van der Waals surface area contributed by atoms with Crippen LogP contribution in [0.5, 0.6) is 0 Å². The number of sulfonamides is 1. The Morgan fingerprint density at radius 1 is 0.816 bits per heavy atom. The number of primary sulfonamides is 1. The Hall–Kier alpha value is -3.54. The molecule has 2 N–H and O–H groups in total. The first-order valence-electron chi connectivity index (χ1n) is 12.7. The molecule has 5 rings (SSSR count). The summed E-state index contributed by atoms with van der Waals surface area (Å²) in [6.07, 6.45) is 1.95. The molecule has 3 aliphatic rings. The zero-order valence-corrected chi connectivity index (χ0v) is 22.9. The average Bonchev–Trinajstić information content (AvgIpc) is 2.81. The highest BCUT2D eigenvalue weighted by Gasteiger charge is 2.49. The van der Waals surface area contributed by atoms with Crippen molar-refractivity contribution in [3.63, 3.8) is 0 Å². The number of nitrogens with two attached hydrogens (primary N) is 1. The molecule has 8 heteroatoms. The number of hydrogen-bond acceptors (Lipinski definition) is 6. The van der Waals surface area contributed by atoms with E-state index in [9.17, 15) is 23.3 Å². The molecule has 0 aromatic heterocycles. The maximum atomic E-state index is 13.9. The van der Waals surface area contributed by atoms with Gasteiger partial charge in [-0.15, -0.1) is 0 Å². The molecule has 0 unspecified atom stereocenters. The van der Waals surface area contributed by atoms with Crippen molar-refractivity contribution in [3.8, 4) is 6.07 Å². The van der Waals surface area contributed by atoms with E-state index < -0.39 is 15.9 Å². The second-order valence-corrected chi connectivity index (χ2v) is 13.7. The molecule has 2 aromatic carbocycles. The summed E-state index contributed by atoms with van der Waals surface area (Å²) >= 11 is 0. The molecule has 1 aliphatic heterocycles. The predicted molar refractivity (Wildman–Crippen MR) is 144 cm³/mol. The Morgan fingerprint density at radius 2 is 1.29 bits per heavy atom. The normalized spacial score (nSPS) is 21.2. The molecule has 2 aliphatic carbocycles. The van der Waals surface area contributed by atoms with Gasteiger partial charge in [0.1, 0.15) is 0 Å². The van der Waals surface area contributed by atoms with Crippen LogP contribution < -0.4 is 10.0 Å². The van der Waals surface area contributed by atoms with Gasteiger partial charge in [-0.25, -0.2) is 13.6 Å². The van der Waals surface area contributed by atoms with Crippen molar-refractivity contribution < 1.29 is 18.0 Å². The molecule has 7 nitrogen and oxygen atoms in total. The number of carbonyl (C=O) groups excluding carboxylic acids is 2. The SMILES string of the molecule is CC1(C)CC(=O)C2=C(C1)N(c1ccc(S(N)(=O)=O)cc1)C1=C(C(=O)CC(C)(C)C1)C2c1ccc(C#N)cc1. The summed E-state index contributed by atoms with van der Waals surface area (Å²) in [5.74, 6) is -0.512. The molecule has 0 amide bonds. The van der Waals surface area contributed by atoms with Crippen molar-refractivity contribution in [2.75, 3.05) is 4.90 Å². The first-order chi connectivity index (χ1) is 17.7. The zero-order valence-electron chi connectivity index (χ0n) is 22.0. The number of nitrogens with zero attached hydrogens (tertiary/aromatic N) is 2. The third-order valence-corrected chi connectivity index (χ3v) is 8.64. The van der Waals surface area contributed by atoms with Crippen LogP contribution in [-0.2, 0) is 19.6 Å². The Morgan fingerprint density at radius 3 is 1.71 bits per heavy atom. The molecular weight excluding hydrogens is 498 g/mol. The third-order valence-electron chi connectivity index (χ3n) is 7.71. The molecule has 38 heavy (non-hydrogen) atoms. The summed E-state index contributed by atoms with van der Waals surface area (Å²) in [5, 5.41) is 14.7. The minimum Gasteiger partial charge on any atom is -0.317 e. The number of benzene rings is 2. The number of ketones is 2. The molecule has 0 atom stereocenters. The number of nitriles is 1. The summed E-state index contributed by atoms with van der Waals surface area (Å²) < 4.78 is 23.8. The Bertz CT molecular complexity index is 1520. The Balaban J connectivity index is 1.80. The van der Waals surface area contributed by atoms with Gasteiger partial charge >= 0.3 is 0 Å². The van der Waals surface area contributed by atoms with Crippen molar-refractivity contribution in [1.29, 1.82) is 5.26 Å². The van der Waals surface area contributed by atoms with Crippen LogP contribution in [0.25, 0.3) is 0 Å². The van der Waals surface area contributed by atoms with Crippen LogP contribution in [0.2, 0.25) is 0 Å². The minimum atomic E-state index is -3.88. The van der Waals surface area contributed by atoms with Gasteiger partial charge in [0.05, 0.1) is 16.5 Å². The van der Waals surface area contributed by atoms with Crippen molar-refractivity contribution in [1.82, 2.24) is 0 Å². The van der Waals surface area contributed by atoms with Crippen LogP contribution in [0.3, 0.4) is 0 Å². The quantitative estimate of drug-likeness (QED) is 0.591. The molecule has 1 heterocycles. The van der Waals surface area contributed by atoms with E-state index in [4.69, 9.17) is 5.14 Å². The monoisotopic (exact) mass is 529 g/mol. The Kier molecular flexibility index (Phi) is 6.01. The van der Waals surface area contributed by atoms with Crippen molar-refractivity contribution in [2.24, 2.45) is 16.0 Å². The molecule has 2 aromatic rings. The summed E-state index contributed by atoms with van der Waals surface area (Å²) in [6, 6.07) is 15.6. The molecule has 0 saturated heterocycles. The first-order valence-corrected chi connectivity index (χ1v) is 14.2. The fourth-order valence-electron chi connectivity index (χ4n) is 6.15. The average molecular weight is 530 g/mol. The number of hydrogen-bond donors (Lipinski definition) is 1. The van der Waals surface area contributed by atoms with E-state index in [1.54, 1.807) is 24.3 Å². The number of anilines is 1. The second-order valence-electron chi connectivity index (χ2n) is 12.1. The van der Waals surface area contributed by atoms with Crippen LogP contribution in [0.1, 0.15) is 70.4 Å². The molecule has 0 bridgehead atoms. The summed E-state index contributed by atoms with van der Waals surface area (Å²) in [5.41, 5.74) is 4.32. The van der Waals surface area contributed by atoms with E-state index in [1.165, 1.54) is 12.1 Å². The molecule has 0 radical (unpaired) electrons. The van der Waals surface area contributed by atoms with Crippen LogP contribution in [0.4, 0.5) is 5.69 Å². The maximum absolute atomic E-state index is 13.9. The smallest absolute Gasteiger partial charge is 0.238 e. The van der Waals surface area contributed by atoms with Gasteiger partial charge in [-0.3, -0.25) is 9.59 Å². The highest BCUT2D eigenvalue weighted by atomic mass is 32.2. The van der Waals surface area contributed by atoms with E-state index in [-0.39, 0.29) is 27.3 Å². The fourth-order valence-corrected chi connectivity index (χ4v) is 6.66. The number of Topliss-reactive ketones (excluding diaryl/α,β-unsaturated/α-hetero) is 2. The Labute approximate surface area is 223 Å². The van der Waals surface area contributed by atoms with Gasteiger partial charge in [0.25, 0.3) is 0 Å². The van der Waals surface area contributed by atoms with Crippen LogP contribution >= 0.6 is 0 Å². The molecule has 0 saturated carbocycles. The van der Waals surface area contributed by atoms with Crippen molar-refractivity contribution in [2.45, 2.75) is 64.2 Å². The minimum absolute atomic E-state index is 0.000879. The van der Waals surface area contributed by atoms with Crippen molar-refractivity contribution >= 4 is 27.3 Å². The lowest BCUT2D eigenvalue weighted by Crippen LogP contribution is -2.44. The van der Waals surface area contributed by atoms with E-state index in [1.807, 2.05) is 17.0 Å². The van der Waals surface area contributed by atoms with E-state index >= 15 is 0 Å². The van der Waals surface area contributed by atoms with Gasteiger partial charge in [0.2, 0.25) is 10.0 Å². The maximum Gasteiger partial charge on any atom is 0.238 e. The number of carbonyl (C=O) groups is 2. The summed E-state index contributed by atoms with van der Waals surface area (Å²) in [7, 11) is -3.88. The lowest BCUT2D eigenvalue weighted by atomic mass is 9.63. The van der Waals surface area contributed by atoms with Crippen LogP contribution in [-0.4, -0.2) is 20.0 Å². The van der Waals surface area contributed by atoms with E-state index in [0.717, 1.165) is 17.0 Å². The van der Waals surface area contributed by atoms with E-state index in [0.29, 0.717) is 48.1 Å². The lowest BCUT2D eigenvalue weighted by Gasteiger charge is -2.49. The van der Waals surface area contributed by atoms with Gasteiger partial charge < -0.3 is 4.90 Å². The topological polar surface area (TPSA) is 121 Å². The van der Waals surface area contributed by atoms with Crippen LogP contribution in [0, 0.1) is 22.2 Å². The third kappa shape index (κ3) is 4.50. The summed E-state index contributed by atoms with van der Waals surface area (Å²) in [4.78, 5) is 29.7. The molecule has 196 valence electrons. The lowest BCUT2D eigenvalue weighted by molar-refractivity contribution is -0.119. The molecular formula is C30H31N3O4S. The van der Waals surface area contributed by atoms with Gasteiger partial charge in [-0.1, -0.05) is 39.8 Å².